The van der Waals surface area contributed by atoms with E-state index in [9.17, 15) is 8.42 Å². The number of hydrogen-bond donors (Lipinski definition) is 1. The molecule has 1 fully saturated rings. The van der Waals surface area contributed by atoms with Gasteiger partial charge in [0.1, 0.15) is 6.10 Å². The number of sulfonamides is 1. The summed E-state index contributed by atoms with van der Waals surface area (Å²) in [7, 11) is -0.115. The zero-order valence-electron chi connectivity index (χ0n) is 11.9. The van der Waals surface area contributed by atoms with Gasteiger partial charge in [-0.15, -0.1) is 0 Å². The summed E-state index contributed by atoms with van der Waals surface area (Å²) in [5.41, 5.74) is 0.886. The molecule has 8 heteroatoms. The third-order valence-corrected chi connectivity index (χ3v) is 5.22. The van der Waals surface area contributed by atoms with Gasteiger partial charge in [-0.05, 0) is 13.3 Å². The third kappa shape index (κ3) is 3.38. The SMILES string of the molecule is COCC(C)S(=O)(=O)N[C@H]1CCO[C@@H]1c1cnn(C)c1. The molecule has 3 atom stereocenters. The molecule has 1 aromatic heterocycles. The lowest BCUT2D eigenvalue weighted by Crippen LogP contribution is -2.42. The van der Waals surface area contributed by atoms with E-state index in [0.717, 1.165) is 5.56 Å². The van der Waals surface area contributed by atoms with Crippen molar-refractivity contribution in [2.75, 3.05) is 20.3 Å². The predicted octanol–water partition coefficient (Wildman–Crippen LogP) is 0.204. The highest BCUT2D eigenvalue weighted by molar-refractivity contribution is 7.90. The van der Waals surface area contributed by atoms with Crippen molar-refractivity contribution in [1.82, 2.24) is 14.5 Å². The Balaban J connectivity index is 2.08. The highest BCUT2D eigenvalue weighted by atomic mass is 32.2. The van der Waals surface area contributed by atoms with Crippen LogP contribution in [-0.4, -0.2) is 49.8 Å². The molecule has 1 N–H and O–H groups in total. The van der Waals surface area contributed by atoms with Crippen LogP contribution in [0, 0.1) is 0 Å². The second-order valence-electron chi connectivity index (χ2n) is 5.06. The molecule has 1 aliphatic heterocycles. The lowest BCUT2D eigenvalue weighted by atomic mass is 10.1. The first kappa shape index (κ1) is 15.4. The number of aryl methyl sites for hydroxylation is 1. The lowest BCUT2D eigenvalue weighted by molar-refractivity contribution is 0.102. The van der Waals surface area contributed by atoms with Gasteiger partial charge in [0.2, 0.25) is 10.0 Å². The highest BCUT2D eigenvalue weighted by Crippen LogP contribution is 2.29. The summed E-state index contributed by atoms with van der Waals surface area (Å²) in [5, 5.41) is 3.50. The number of methoxy groups -OCH3 is 1. The minimum Gasteiger partial charge on any atom is -0.383 e. The molecule has 7 nitrogen and oxygen atoms in total. The summed E-state index contributed by atoms with van der Waals surface area (Å²) < 4.78 is 39.3. The van der Waals surface area contributed by atoms with Gasteiger partial charge in [-0.2, -0.15) is 5.10 Å². The second-order valence-corrected chi connectivity index (χ2v) is 7.19. The van der Waals surface area contributed by atoms with Gasteiger partial charge in [-0.25, -0.2) is 13.1 Å². The number of ether oxygens (including phenoxy) is 2. The Morgan fingerprint density at radius 1 is 1.65 bits per heavy atom. The Bertz CT molecular complexity index is 543. The Morgan fingerprint density at radius 3 is 3.00 bits per heavy atom. The minimum absolute atomic E-state index is 0.167. The Kier molecular flexibility index (Phi) is 4.79. The quantitative estimate of drug-likeness (QED) is 0.812. The van der Waals surface area contributed by atoms with E-state index >= 15 is 0 Å². The van der Waals surface area contributed by atoms with Crippen molar-refractivity contribution < 1.29 is 17.9 Å². The van der Waals surface area contributed by atoms with Crippen LogP contribution < -0.4 is 4.72 Å². The van der Waals surface area contributed by atoms with Crippen LogP contribution in [0.2, 0.25) is 0 Å². The molecule has 2 rings (SSSR count). The van der Waals surface area contributed by atoms with Crippen molar-refractivity contribution >= 4 is 10.0 Å². The molecule has 1 aromatic rings. The van der Waals surface area contributed by atoms with Gasteiger partial charge < -0.3 is 9.47 Å². The van der Waals surface area contributed by atoms with Crippen molar-refractivity contribution in [3.05, 3.63) is 18.0 Å². The molecule has 0 radical (unpaired) electrons. The molecule has 2 heterocycles. The maximum absolute atomic E-state index is 12.2. The number of aromatic nitrogens is 2. The number of rotatable bonds is 6. The minimum atomic E-state index is -3.42. The zero-order chi connectivity index (χ0) is 14.8. The first-order valence-corrected chi connectivity index (χ1v) is 8.09. The molecule has 0 bridgehead atoms. The Labute approximate surface area is 119 Å². The number of nitrogens with zero attached hydrogens (tertiary/aromatic N) is 2. The third-order valence-electron chi connectivity index (χ3n) is 3.39. The molecule has 20 heavy (non-hydrogen) atoms. The van der Waals surface area contributed by atoms with Crippen LogP contribution in [-0.2, 0) is 26.5 Å². The monoisotopic (exact) mass is 303 g/mol. The summed E-state index contributed by atoms with van der Waals surface area (Å²) in [5.74, 6) is 0. The van der Waals surface area contributed by atoms with Gasteiger partial charge in [0.25, 0.3) is 0 Å². The molecule has 0 aromatic carbocycles. The van der Waals surface area contributed by atoms with Gasteiger partial charge in [-0.3, -0.25) is 4.68 Å². The molecule has 1 saturated heterocycles. The highest BCUT2D eigenvalue weighted by Gasteiger charge is 2.35. The molecule has 0 spiro atoms. The lowest BCUT2D eigenvalue weighted by Gasteiger charge is -2.21. The summed E-state index contributed by atoms with van der Waals surface area (Å²) in [6, 6.07) is -0.261. The van der Waals surface area contributed by atoms with E-state index in [4.69, 9.17) is 9.47 Å². The maximum Gasteiger partial charge on any atom is 0.216 e. The van der Waals surface area contributed by atoms with Gasteiger partial charge in [-0.1, -0.05) is 0 Å². The summed E-state index contributed by atoms with van der Waals surface area (Å²) >= 11 is 0. The van der Waals surface area contributed by atoms with E-state index in [-0.39, 0.29) is 18.8 Å². The van der Waals surface area contributed by atoms with Crippen molar-refractivity contribution in [3.63, 3.8) is 0 Å². The van der Waals surface area contributed by atoms with Crippen molar-refractivity contribution in [2.45, 2.75) is 30.7 Å². The fourth-order valence-electron chi connectivity index (χ4n) is 2.28. The van der Waals surface area contributed by atoms with E-state index < -0.39 is 15.3 Å². The molecule has 0 saturated carbocycles. The smallest absolute Gasteiger partial charge is 0.216 e. The molecule has 0 aliphatic carbocycles. The molecule has 1 unspecified atom stereocenters. The molecular formula is C12H21N3O4S. The van der Waals surface area contributed by atoms with Crippen LogP contribution in [0.15, 0.2) is 12.4 Å². The van der Waals surface area contributed by atoms with Crippen LogP contribution in [0.3, 0.4) is 0 Å². The van der Waals surface area contributed by atoms with E-state index in [1.54, 1.807) is 17.8 Å². The number of nitrogens with one attached hydrogen (secondary N) is 1. The molecule has 0 amide bonds. The van der Waals surface area contributed by atoms with E-state index in [1.807, 2.05) is 13.2 Å². The largest absolute Gasteiger partial charge is 0.383 e. The molecule has 1 aliphatic rings. The number of hydrogen-bond acceptors (Lipinski definition) is 5. The first-order chi connectivity index (χ1) is 9.44. The summed E-state index contributed by atoms with van der Waals surface area (Å²) in [4.78, 5) is 0. The first-order valence-electron chi connectivity index (χ1n) is 6.54. The zero-order valence-corrected chi connectivity index (χ0v) is 12.8. The second kappa shape index (κ2) is 6.21. The average Bonchev–Trinajstić information content (AvgIpc) is 2.98. The van der Waals surface area contributed by atoms with Crippen molar-refractivity contribution in [3.8, 4) is 0 Å². The molecular weight excluding hydrogens is 282 g/mol. The van der Waals surface area contributed by atoms with Gasteiger partial charge in [0, 0.05) is 32.5 Å². The normalized spacial score (nSPS) is 24.9. The van der Waals surface area contributed by atoms with Gasteiger partial charge in [0.05, 0.1) is 24.1 Å². The van der Waals surface area contributed by atoms with Gasteiger partial charge >= 0.3 is 0 Å². The van der Waals surface area contributed by atoms with E-state index in [0.29, 0.717) is 13.0 Å². The fourth-order valence-corrected chi connectivity index (χ4v) is 3.49. The van der Waals surface area contributed by atoms with Crippen LogP contribution in [0.5, 0.6) is 0 Å². The average molecular weight is 303 g/mol. The fraction of sp³-hybridized carbons (Fsp3) is 0.750. The van der Waals surface area contributed by atoms with E-state index in [2.05, 4.69) is 9.82 Å². The Morgan fingerprint density at radius 2 is 2.40 bits per heavy atom. The van der Waals surface area contributed by atoms with E-state index in [1.165, 1.54) is 7.11 Å². The van der Waals surface area contributed by atoms with Crippen LogP contribution in [0.25, 0.3) is 0 Å². The Hall–Kier alpha value is -0.960. The van der Waals surface area contributed by atoms with Crippen LogP contribution >= 0.6 is 0 Å². The van der Waals surface area contributed by atoms with Gasteiger partial charge in [0.15, 0.2) is 0 Å². The van der Waals surface area contributed by atoms with Crippen molar-refractivity contribution in [1.29, 1.82) is 0 Å². The summed E-state index contributed by atoms with van der Waals surface area (Å²) in [6.45, 7) is 2.33. The molecule has 114 valence electrons. The standard InChI is InChI=1S/C12H21N3O4S/c1-9(8-18-3)20(16,17)14-11-4-5-19-12(11)10-6-13-15(2)7-10/h6-7,9,11-12,14H,4-5,8H2,1-3H3/t9?,11-,12+/m0/s1. The van der Waals surface area contributed by atoms with Crippen molar-refractivity contribution in [2.24, 2.45) is 7.05 Å². The topological polar surface area (TPSA) is 82.5 Å². The summed E-state index contributed by atoms with van der Waals surface area (Å²) in [6.07, 6.45) is 3.91. The van der Waals surface area contributed by atoms with Crippen LogP contribution in [0.4, 0.5) is 0 Å². The maximum atomic E-state index is 12.2. The van der Waals surface area contributed by atoms with Crippen LogP contribution in [0.1, 0.15) is 25.0 Å². The predicted molar refractivity (Wildman–Crippen MR) is 73.7 cm³/mol.